The lowest BCUT2D eigenvalue weighted by molar-refractivity contribution is -0.138. The van der Waals surface area contributed by atoms with Crippen molar-refractivity contribution in [3.05, 3.63) is 46.9 Å². The average molecular weight is 544 g/mol. The first-order valence-electron chi connectivity index (χ1n) is 13.0. The molecule has 0 bridgehead atoms. The zero-order valence-corrected chi connectivity index (χ0v) is 22.8. The van der Waals surface area contributed by atoms with E-state index in [2.05, 4.69) is 26.3 Å². The highest BCUT2D eigenvalue weighted by Gasteiger charge is 2.26. The molecule has 0 radical (unpaired) electrons. The van der Waals surface area contributed by atoms with E-state index in [0.717, 1.165) is 12.8 Å². The number of pyridine rings is 1. The summed E-state index contributed by atoms with van der Waals surface area (Å²) in [7, 11) is 1.60. The van der Waals surface area contributed by atoms with Gasteiger partial charge in [-0.05, 0) is 31.4 Å². The van der Waals surface area contributed by atoms with E-state index in [0.29, 0.717) is 12.5 Å². The number of aromatic nitrogens is 3. The fraction of sp³-hybridized carbons (Fsp3) is 0.500. The molecule has 1 unspecified atom stereocenters. The predicted octanol–water partition coefficient (Wildman–Crippen LogP) is 0.357. The highest BCUT2D eigenvalue weighted by atomic mass is 16.2. The van der Waals surface area contributed by atoms with Gasteiger partial charge in [-0.1, -0.05) is 26.7 Å². The van der Waals surface area contributed by atoms with Gasteiger partial charge in [0, 0.05) is 32.8 Å². The molecule has 13 heteroatoms. The van der Waals surface area contributed by atoms with E-state index in [1.807, 2.05) is 13.8 Å². The van der Waals surface area contributed by atoms with Crippen LogP contribution in [0.5, 0.6) is 0 Å². The van der Waals surface area contributed by atoms with Gasteiger partial charge in [0.25, 0.3) is 17.4 Å². The zero-order valence-electron chi connectivity index (χ0n) is 22.8. The number of hydrogen-bond acceptors (Lipinski definition) is 7. The van der Waals surface area contributed by atoms with Gasteiger partial charge < -0.3 is 30.4 Å². The molecule has 0 saturated heterocycles. The van der Waals surface area contributed by atoms with Crippen LogP contribution in [0.25, 0.3) is 0 Å². The van der Waals surface area contributed by atoms with Crippen LogP contribution < -0.4 is 26.8 Å². The van der Waals surface area contributed by atoms with Gasteiger partial charge in [0.1, 0.15) is 24.0 Å². The van der Waals surface area contributed by atoms with E-state index in [-0.39, 0.29) is 43.2 Å². The van der Waals surface area contributed by atoms with Gasteiger partial charge >= 0.3 is 0 Å². The topological polar surface area (TPSA) is 173 Å². The van der Waals surface area contributed by atoms with Crippen molar-refractivity contribution in [1.82, 2.24) is 30.1 Å². The van der Waals surface area contributed by atoms with Crippen LogP contribution in [-0.2, 0) is 32.8 Å². The van der Waals surface area contributed by atoms with Gasteiger partial charge in [0.15, 0.2) is 0 Å². The number of carbonyl (C=O) groups is 5. The molecule has 2 heterocycles. The maximum atomic E-state index is 13.2. The minimum Gasteiger partial charge on any atom is -0.354 e. The monoisotopic (exact) mass is 543 g/mol. The molecule has 4 N–H and O–H groups in total. The smallest absolute Gasteiger partial charge is 0.287 e. The Bertz CT molecular complexity index is 1230. The SMILES string of the molecule is CCNC(=O)C(=O)CCC(NC(=O)c1cncn1C)C(=O)Nc1cccn(CC(=O)NCC(CC)CC)c1=O. The van der Waals surface area contributed by atoms with Crippen LogP contribution in [0.2, 0.25) is 0 Å². The summed E-state index contributed by atoms with van der Waals surface area (Å²) in [5.41, 5.74) is -0.548. The number of ketones is 1. The molecule has 2 rings (SSSR count). The summed E-state index contributed by atoms with van der Waals surface area (Å²) in [6.45, 7) is 6.29. The van der Waals surface area contributed by atoms with Crippen LogP contribution in [0.1, 0.15) is 56.9 Å². The predicted molar refractivity (Wildman–Crippen MR) is 144 cm³/mol. The van der Waals surface area contributed by atoms with Crippen molar-refractivity contribution in [3.8, 4) is 0 Å². The van der Waals surface area contributed by atoms with Gasteiger partial charge in [-0.3, -0.25) is 28.8 Å². The van der Waals surface area contributed by atoms with Crippen molar-refractivity contribution in [1.29, 1.82) is 0 Å². The van der Waals surface area contributed by atoms with Gasteiger partial charge in [0.05, 0.1) is 12.5 Å². The maximum Gasteiger partial charge on any atom is 0.287 e. The molecule has 0 aliphatic heterocycles. The van der Waals surface area contributed by atoms with Crippen molar-refractivity contribution < 1.29 is 24.0 Å². The van der Waals surface area contributed by atoms with Crippen molar-refractivity contribution in [2.45, 2.75) is 59.0 Å². The number of hydrogen-bond donors (Lipinski definition) is 4. The molecule has 212 valence electrons. The van der Waals surface area contributed by atoms with Gasteiger partial charge in [-0.15, -0.1) is 0 Å². The highest BCUT2D eigenvalue weighted by molar-refractivity contribution is 6.36. The second-order valence-electron chi connectivity index (χ2n) is 9.07. The average Bonchev–Trinajstić information content (AvgIpc) is 3.35. The highest BCUT2D eigenvalue weighted by Crippen LogP contribution is 2.08. The number of likely N-dealkylation sites (N-methyl/N-ethyl adjacent to an activating group) is 1. The Morgan fingerprint density at radius 3 is 2.38 bits per heavy atom. The molecule has 0 aliphatic carbocycles. The minimum atomic E-state index is -1.25. The Kier molecular flexibility index (Phi) is 12.1. The lowest BCUT2D eigenvalue weighted by Crippen LogP contribution is -2.46. The van der Waals surface area contributed by atoms with Crippen molar-refractivity contribution in [2.24, 2.45) is 13.0 Å². The molecule has 39 heavy (non-hydrogen) atoms. The van der Waals surface area contributed by atoms with E-state index >= 15 is 0 Å². The Morgan fingerprint density at radius 1 is 1.05 bits per heavy atom. The van der Waals surface area contributed by atoms with Crippen LogP contribution >= 0.6 is 0 Å². The van der Waals surface area contributed by atoms with Gasteiger partial charge in [-0.25, -0.2) is 4.98 Å². The largest absolute Gasteiger partial charge is 0.354 e. The molecular weight excluding hydrogens is 506 g/mol. The molecule has 2 aromatic heterocycles. The zero-order chi connectivity index (χ0) is 28.9. The van der Waals surface area contributed by atoms with Gasteiger partial charge in [-0.2, -0.15) is 0 Å². The number of aryl methyl sites for hydroxylation is 1. The number of amides is 4. The summed E-state index contributed by atoms with van der Waals surface area (Å²) in [6.07, 6.45) is 5.50. The molecule has 0 spiro atoms. The fourth-order valence-electron chi connectivity index (χ4n) is 3.75. The Hall–Kier alpha value is -4.29. The van der Waals surface area contributed by atoms with Crippen molar-refractivity contribution in [2.75, 3.05) is 18.4 Å². The molecule has 0 aliphatic rings. The standard InChI is InChI=1S/C26H37N7O6/c1-5-17(6-2)13-29-22(35)15-33-12-8-9-19(26(33)39)31-23(36)18(10-11-21(34)25(38)28-7-3)30-24(37)20-14-27-16-32(20)4/h8-9,12,14,16-18H,5-7,10-11,13,15H2,1-4H3,(H,28,38)(H,29,35)(H,30,37)(H,31,36). The first-order valence-corrected chi connectivity index (χ1v) is 13.0. The normalized spacial score (nSPS) is 11.5. The van der Waals surface area contributed by atoms with Crippen LogP contribution in [0.4, 0.5) is 5.69 Å². The summed E-state index contributed by atoms with van der Waals surface area (Å²) in [5, 5.41) is 10.2. The Balaban J connectivity index is 2.16. The second-order valence-corrected chi connectivity index (χ2v) is 9.07. The first-order chi connectivity index (χ1) is 18.6. The van der Waals surface area contributed by atoms with E-state index in [9.17, 15) is 28.8 Å². The molecule has 1 atom stereocenters. The summed E-state index contributed by atoms with van der Waals surface area (Å²) in [4.78, 5) is 79.1. The fourth-order valence-corrected chi connectivity index (χ4v) is 3.75. The summed E-state index contributed by atoms with van der Waals surface area (Å²) >= 11 is 0. The number of imidazole rings is 1. The number of Topliss-reactive ketones (excluding diaryl/α,β-unsaturated/α-hetero) is 1. The molecule has 4 amide bonds. The van der Waals surface area contributed by atoms with E-state index in [1.165, 1.54) is 40.0 Å². The first kappa shape index (κ1) is 30.9. The van der Waals surface area contributed by atoms with Crippen molar-refractivity contribution in [3.63, 3.8) is 0 Å². The number of nitrogens with zero attached hydrogens (tertiary/aromatic N) is 3. The summed E-state index contributed by atoms with van der Waals surface area (Å²) < 4.78 is 2.62. The maximum absolute atomic E-state index is 13.2. The molecule has 0 fully saturated rings. The van der Waals surface area contributed by atoms with E-state index in [1.54, 1.807) is 14.0 Å². The second kappa shape index (κ2) is 15.2. The molecule has 0 saturated carbocycles. The third-order valence-corrected chi connectivity index (χ3v) is 6.26. The minimum absolute atomic E-state index is 0.106. The number of carbonyl (C=O) groups excluding carboxylic acids is 5. The van der Waals surface area contributed by atoms with E-state index in [4.69, 9.17) is 0 Å². The lowest BCUT2D eigenvalue weighted by Gasteiger charge is -2.18. The molecule has 0 aromatic carbocycles. The molecular formula is C26H37N7O6. The summed E-state index contributed by atoms with van der Waals surface area (Å²) in [6, 6.07) is 1.63. The number of rotatable bonds is 15. The summed E-state index contributed by atoms with van der Waals surface area (Å²) in [5.74, 6) is -2.91. The number of anilines is 1. The third-order valence-electron chi connectivity index (χ3n) is 6.26. The van der Waals surface area contributed by atoms with Gasteiger partial charge in [0.2, 0.25) is 17.6 Å². The Labute approximate surface area is 226 Å². The molecule has 2 aromatic rings. The quantitative estimate of drug-likeness (QED) is 0.235. The third kappa shape index (κ3) is 9.20. The lowest BCUT2D eigenvalue weighted by atomic mass is 10.0. The number of nitrogens with one attached hydrogen (secondary N) is 4. The van der Waals surface area contributed by atoms with Crippen LogP contribution in [-0.4, -0.2) is 62.7 Å². The van der Waals surface area contributed by atoms with Crippen LogP contribution in [0.3, 0.4) is 0 Å². The Morgan fingerprint density at radius 2 is 1.77 bits per heavy atom. The van der Waals surface area contributed by atoms with Crippen molar-refractivity contribution >= 4 is 35.1 Å². The van der Waals surface area contributed by atoms with Crippen LogP contribution in [0, 0.1) is 5.92 Å². The van der Waals surface area contributed by atoms with Crippen LogP contribution in [0.15, 0.2) is 35.6 Å². The van der Waals surface area contributed by atoms with E-state index < -0.39 is 35.1 Å². The molecule has 13 nitrogen and oxygen atoms in total.